The molecule has 2 heterocycles. The first kappa shape index (κ1) is 17.9. The number of carbonyl (C=O) groups excluding carboxylic acids is 2. The van der Waals surface area contributed by atoms with Gasteiger partial charge in [0.05, 0.1) is 12.5 Å². The zero-order chi connectivity index (χ0) is 18.4. The molecular weight excluding hydrogens is 323 g/mol. The van der Waals surface area contributed by atoms with E-state index in [4.69, 9.17) is 4.74 Å². The second-order valence-corrected chi connectivity index (χ2v) is 7.92. The number of rotatable bonds is 2. The lowest BCUT2D eigenvalue weighted by Gasteiger charge is -2.31. The van der Waals surface area contributed by atoms with Crippen molar-refractivity contribution in [2.75, 3.05) is 26.2 Å². The molecule has 0 aliphatic carbocycles. The van der Waals surface area contributed by atoms with Crippen LogP contribution in [0.15, 0.2) is 18.2 Å². The van der Waals surface area contributed by atoms with Crippen LogP contribution < -0.4 is 0 Å². The van der Waals surface area contributed by atoms with Gasteiger partial charge in [-0.3, -0.25) is 9.69 Å². The highest BCUT2D eigenvalue weighted by Crippen LogP contribution is 2.38. The molecule has 2 unspecified atom stereocenters. The molecule has 0 radical (unpaired) electrons. The van der Waals surface area contributed by atoms with E-state index in [1.54, 1.807) is 6.07 Å². The second kappa shape index (κ2) is 6.41. The Balaban J connectivity index is 1.94. The summed E-state index contributed by atoms with van der Waals surface area (Å²) in [6.45, 7) is 9.65. The van der Waals surface area contributed by atoms with Crippen LogP contribution in [0.4, 0.5) is 9.18 Å². The fourth-order valence-electron chi connectivity index (χ4n) is 3.64. The van der Waals surface area contributed by atoms with Gasteiger partial charge >= 0.3 is 6.09 Å². The number of hydrogen-bond acceptors (Lipinski definition) is 4. The smallest absolute Gasteiger partial charge is 0.416 e. The number of aryl methyl sites for hydroxylation is 1. The van der Waals surface area contributed by atoms with Gasteiger partial charge in [0.15, 0.2) is 0 Å². The van der Waals surface area contributed by atoms with Gasteiger partial charge in [-0.1, -0.05) is 12.1 Å². The number of amides is 2. The van der Waals surface area contributed by atoms with Gasteiger partial charge in [0, 0.05) is 24.5 Å². The molecule has 2 aliphatic heterocycles. The van der Waals surface area contributed by atoms with Gasteiger partial charge in [-0.15, -0.1) is 0 Å². The molecule has 2 atom stereocenters. The zero-order valence-electron chi connectivity index (χ0n) is 15.2. The molecule has 0 aromatic heterocycles. The molecule has 6 heteroatoms. The lowest BCUT2D eigenvalue weighted by Crippen LogP contribution is -2.42. The number of benzene rings is 1. The van der Waals surface area contributed by atoms with Crippen LogP contribution in [0.2, 0.25) is 0 Å². The summed E-state index contributed by atoms with van der Waals surface area (Å²) in [7, 11) is 0. The van der Waals surface area contributed by atoms with Crippen LogP contribution in [-0.4, -0.2) is 53.6 Å². The summed E-state index contributed by atoms with van der Waals surface area (Å²) in [6, 6.07) is 5.13. The Morgan fingerprint density at radius 3 is 2.56 bits per heavy atom. The average molecular weight is 348 g/mol. The average Bonchev–Trinajstić information content (AvgIpc) is 3.12. The number of imide groups is 1. The van der Waals surface area contributed by atoms with Crippen LogP contribution in [0.5, 0.6) is 0 Å². The first-order chi connectivity index (χ1) is 11.7. The third-order valence-electron chi connectivity index (χ3n) is 5.17. The zero-order valence-corrected chi connectivity index (χ0v) is 15.2. The first-order valence-corrected chi connectivity index (χ1v) is 8.67. The Bertz CT molecular complexity index is 698. The topological polar surface area (TPSA) is 49.9 Å². The third kappa shape index (κ3) is 3.40. The number of likely N-dealkylation sites (tertiary alicyclic amines) is 1. The van der Waals surface area contributed by atoms with Gasteiger partial charge in [0.1, 0.15) is 12.4 Å². The summed E-state index contributed by atoms with van der Waals surface area (Å²) >= 11 is 0. The number of ether oxygens (including phenoxy) is 1. The van der Waals surface area contributed by atoms with Crippen molar-refractivity contribution < 1.29 is 18.7 Å². The molecule has 2 aliphatic rings. The predicted molar refractivity (Wildman–Crippen MR) is 91.8 cm³/mol. The van der Waals surface area contributed by atoms with E-state index in [-0.39, 0.29) is 36.3 Å². The van der Waals surface area contributed by atoms with Gasteiger partial charge in [-0.25, -0.2) is 14.1 Å². The Kier molecular flexibility index (Phi) is 4.58. The Morgan fingerprint density at radius 1 is 1.28 bits per heavy atom. The maximum Gasteiger partial charge on any atom is 0.416 e. The monoisotopic (exact) mass is 348 g/mol. The van der Waals surface area contributed by atoms with Crippen LogP contribution in [0.3, 0.4) is 0 Å². The highest BCUT2D eigenvalue weighted by Gasteiger charge is 2.46. The highest BCUT2D eigenvalue weighted by molar-refractivity contribution is 5.95. The minimum Gasteiger partial charge on any atom is -0.447 e. The minimum atomic E-state index is -0.595. The Hall–Kier alpha value is -1.95. The van der Waals surface area contributed by atoms with Crippen molar-refractivity contribution in [3.63, 3.8) is 0 Å². The molecule has 0 saturated carbocycles. The molecule has 1 aromatic rings. The van der Waals surface area contributed by atoms with Crippen molar-refractivity contribution in [1.82, 2.24) is 9.80 Å². The number of nitrogens with zero attached hydrogens (tertiary/aromatic N) is 2. The van der Waals surface area contributed by atoms with Crippen molar-refractivity contribution in [3.8, 4) is 0 Å². The van der Waals surface area contributed by atoms with Crippen LogP contribution in [0.25, 0.3) is 0 Å². The van der Waals surface area contributed by atoms with Crippen molar-refractivity contribution in [2.24, 2.45) is 5.92 Å². The molecule has 5 nitrogen and oxygen atoms in total. The molecule has 2 fully saturated rings. The Labute approximate surface area is 147 Å². The van der Waals surface area contributed by atoms with Crippen molar-refractivity contribution in [2.45, 2.75) is 39.2 Å². The molecule has 0 spiro atoms. The largest absolute Gasteiger partial charge is 0.447 e. The van der Waals surface area contributed by atoms with E-state index >= 15 is 0 Å². The summed E-state index contributed by atoms with van der Waals surface area (Å²) in [6.07, 6.45) is -0.595. The predicted octanol–water partition coefficient (Wildman–Crippen LogP) is 2.93. The van der Waals surface area contributed by atoms with E-state index in [9.17, 15) is 14.0 Å². The molecular formula is C19H25FN2O3. The van der Waals surface area contributed by atoms with Crippen molar-refractivity contribution in [3.05, 3.63) is 35.1 Å². The standard InChI is InChI=1S/C19H25FN2O3/c1-12-5-6-13(16(20)9-12)14-10-21(19(2,3)4)11-15(14)17(23)22-7-8-25-18(22)24/h5-6,9,14-15H,7-8,10-11H2,1-4H3. The van der Waals surface area contributed by atoms with E-state index in [1.807, 2.05) is 13.0 Å². The maximum atomic E-state index is 14.6. The summed E-state index contributed by atoms with van der Waals surface area (Å²) in [5.41, 5.74) is 1.25. The normalized spacial score (nSPS) is 24.7. The van der Waals surface area contributed by atoms with Crippen molar-refractivity contribution >= 4 is 12.0 Å². The van der Waals surface area contributed by atoms with Crippen LogP contribution in [-0.2, 0) is 9.53 Å². The first-order valence-electron chi connectivity index (χ1n) is 8.67. The van der Waals surface area contributed by atoms with E-state index in [1.165, 1.54) is 6.07 Å². The van der Waals surface area contributed by atoms with Gasteiger partial charge in [0.25, 0.3) is 0 Å². The van der Waals surface area contributed by atoms with Gasteiger partial charge < -0.3 is 4.74 Å². The summed E-state index contributed by atoms with van der Waals surface area (Å²) in [5.74, 6) is -1.29. The number of carbonyl (C=O) groups is 2. The van der Waals surface area contributed by atoms with Crippen LogP contribution in [0, 0.1) is 18.7 Å². The van der Waals surface area contributed by atoms with Crippen LogP contribution >= 0.6 is 0 Å². The SMILES string of the molecule is Cc1ccc(C2CN(C(C)(C)C)CC2C(=O)N2CCOC2=O)c(F)c1. The molecule has 25 heavy (non-hydrogen) atoms. The van der Waals surface area contributed by atoms with Gasteiger partial charge in [-0.05, 0) is 44.9 Å². The van der Waals surface area contributed by atoms with Crippen molar-refractivity contribution in [1.29, 1.82) is 0 Å². The van der Waals surface area contributed by atoms with Gasteiger partial charge in [-0.2, -0.15) is 0 Å². The quantitative estimate of drug-likeness (QED) is 0.825. The summed E-state index contributed by atoms with van der Waals surface area (Å²) in [5, 5.41) is 0. The lowest BCUT2D eigenvalue weighted by molar-refractivity contribution is -0.132. The molecule has 2 saturated heterocycles. The molecule has 1 aromatic carbocycles. The van der Waals surface area contributed by atoms with Gasteiger partial charge in [0.2, 0.25) is 5.91 Å². The summed E-state index contributed by atoms with van der Waals surface area (Å²) < 4.78 is 19.5. The minimum absolute atomic E-state index is 0.139. The highest BCUT2D eigenvalue weighted by atomic mass is 19.1. The van der Waals surface area contributed by atoms with E-state index < -0.39 is 12.0 Å². The number of hydrogen-bond donors (Lipinski definition) is 0. The fraction of sp³-hybridized carbons (Fsp3) is 0.579. The maximum absolute atomic E-state index is 14.6. The number of halogens is 1. The fourth-order valence-corrected chi connectivity index (χ4v) is 3.64. The second-order valence-electron chi connectivity index (χ2n) is 7.92. The molecule has 2 amide bonds. The van der Waals surface area contributed by atoms with E-state index in [0.717, 1.165) is 10.5 Å². The lowest BCUT2D eigenvalue weighted by atomic mass is 9.87. The molecule has 3 rings (SSSR count). The third-order valence-corrected chi connectivity index (χ3v) is 5.17. The Morgan fingerprint density at radius 2 is 2.00 bits per heavy atom. The number of cyclic esters (lactones) is 1. The molecule has 0 bridgehead atoms. The van der Waals surface area contributed by atoms with E-state index in [2.05, 4.69) is 25.7 Å². The molecule has 136 valence electrons. The molecule has 0 N–H and O–H groups in total. The summed E-state index contributed by atoms with van der Waals surface area (Å²) in [4.78, 5) is 28.1. The van der Waals surface area contributed by atoms with Crippen LogP contribution in [0.1, 0.15) is 37.8 Å². The van der Waals surface area contributed by atoms with E-state index in [0.29, 0.717) is 18.7 Å².